The van der Waals surface area contributed by atoms with Gasteiger partial charge in [-0.05, 0) is 12.5 Å². The standard InChI is InChI=1S/C18H19N3OS2/c1-12-4-6-13(7-5-12)14-10-24-18-16(14)17(19-11-20-18)23-9-8-15(22)21(2)3/h4-7,10-11H,8-9H2,1-3H3. The summed E-state index contributed by atoms with van der Waals surface area (Å²) in [5, 5.41) is 4.18. The average Bonchev–Trinajstić information content (AvgIpc) is 3.00. The predicted octanol–water partition coefficient (Wildman–Crippen LogP) is 4.24. The minimum atomic E-state index is 0.136. The van der Waals surface area contributed by atoms with Gasteiger partial charge in [-0.25, -0.2) is 9.97 Å². The highest BCUT2D eigenvalue weighted by atomic mass is 32.2. The van der Waals surface area contributed by atoms with Gasteiger partial charge in [-0.1, -0.05) is 29.8 Å². The van der Waals surface area contributed by atoms with Gasteiger partial charge in [0.05, 0.1) is 5.39 Å². The lowest BCUT2D eigenvalue weighted by Crippen LogP contribution is -2.21. The number of aromatic nitrogens is 2. The fourth-order valence-corrected chi connectivity index (χ4v) is 4.28. The number of carbonyl (C=O) groups excluding carboxylic acids is 1. The van der Waals surface area contributed by atoms with Crippen molar-refractivity contribution in [1.82, 2.24) is 14.9 Å². The Morgan fingerprint density at radius 1 is 1.21 bits per heavy atom. The van der Waals surface area contributed by atoms with Crippen molar-refractivity contribution in [3.05, 3.63) is 41.5 Å². The smallest absolute Gasteiger partial charge is 0.222 e. The topological polar surface area (TPSA) is 46.1 Å². The number of fused-ring (bicyclic) bond motifs is 1. The van der Waals surface area contributed by atoms with Gasteiger partial charge >= 0.3 is 0 Å². The van der Waals surface area contributed by atoms with Gasteiger partial charge in [-0.3, -0.25) is 4.79 Å². The SMILES string of the molecule is Cc1ccc(-c2csc3ncnc(SCCC(=O)N(C)C)c23)cc1. The second-order valence-electron chi connectivity index (χ2n) is 5.76. The number of hydrogen-bond donors (Lipinski definition) is 0. The second-order valence-corrected chi connectivity index (χ2v) is 7.70. The molecular formula is C18H19N3OS2. The normalized spacial score (nSPS) is 11.0. The monoisotopic (exact) mass is 357 g/mol. The summed E-state index contributed by atoms with van der Waals surface area (Å²) in [5.41, 5.74) is 3.58. The number of aryl methyl sites for hydroxylation is 1. The van der Waals surface area contributed by atoms with E-state index in [1.807, 2.05) is 0 Å². The van der Waals surface area contributed by atoms with Crippen molar-refractivity contribution in [2.45, 2.75) is 18.4 Å². The maximum absolute atomic E-state index is 11.7. The molecule has 4 nitrogen and oxygen atoms in total. The first-order chi connectivity index (χ1) is 11.6. The van der Waals surface area contributed by atoms with Gasteiger partial charge in [0.15, 0.2) is 0 Å². The van der Waals surface area contributed by atoms with Crippen LogP contribution in [0, 0.1) is 6.92 Å². The molecule has 124 valence electrons. The number of rotatable bonds is 5. The van der Waals surface area contributed by atoms with Crippen molar-refractivity contribution in [1.29, 1.82) is 0 Å². The third kappa shape index (κ3) is 3.60. The molecular weight excluding hydrogens is 338 g/mol. The zero-order valence-electron chi connectivity index (χ0n) is 13.9. The van der Waals surface area contributed by atoms with Crippen LogP contribution in [-0.2, 0) is 4.79 Å². The van der Waals surface area contributed by atoms with Crippen molar-refractivity contribution in [2.24, 2.45) is 0 Å². The van der Waals surface area contributed by atoms with E-state index in [2.05, 4.69) is 46.5 Å². The molecule has 2 heterocycles. The van der Waals surface area contributed by atoms with E-state index in [4.69, 9.17) is 0 Å². The lowest BCUT2D eigenvalue weighted by atomic mass is 10.1. The van der Waals surface area contributed by atoms with E-state index in [-0.39, 0.29) is 5.91 Å². The van der Waals surface area contributed by atoms with Gasteiger partial charge in [0.1, 0.15) is 16.2 Å². The van der Waals surface area contributed by atoms with E-state index < -0.39 is 0 Å². The van der Waals surface area contributed by atoms with Crippen LogP contribution in [0.2, 0.25) is 0 Å². The first-order valence-electron chi connectivity index (χ1n) is 7.68. The van der Waals surface area contributed by atoms with Crippen molar-refractivity contribution in [3.63, 3.8) is 0 Å². The number of hydrogen-bond acceptors (Lipinski definition) is 5. The van der Waals surface area contributed by atoms with Crippen LogP contribution in [0.1, 0.15) is 12.0 Å². The molecule has 3 aromatic rings. The Balaban J connectivity index is 1.90. The van der Waals surface area contributed by atoms with Crippen LogP contribution in [0.25, 0.3) is 21.3 Å². The number of thioether (sulfide) groups is 1. The summed E-state index contributed by atoms with van der Waals surface area (Å²) in [6.07, 6.45) is 2.11. The summed E-state index contributed by atoms with van der Waals surface area (Å²) in [7, 11) is 3.56. The average molecular weight is 358 g/mol. The summed E-state index contributed by atoms with van der Waals surface area (Å²) in [5.74, 6) is 0.851. The molecule has 0 saturated heterocycles. The van der Waals surface area contributed by atoms with E-state index in [1.165, 1.54) is 11.1 Å². The Morgan fingerprint density at radius 2 is 1.96 bits per heavy atom. The number of nitrogens with zero attached hydrogens (tertiary/aromatic N) is 3. The summed E-state index contributed by atoms with van der Waals surface area (Å²) in [6, 6.07) is 8.50. The van der Waals surface area contributed by atoms with E-state index in [0.29, 0.717) is 12.2 Å². The molecule has 2 aromatic heterocycles. The molecule has 6 heteroatoms. The Bertz CT molecular complexity index is 856. The predicted molar refractivity (Wildman–Crippen MR) is 102 cm³/mol. The van der Waals surface area contributed by atoms with E-state index in [0.717, 1.165) is 20.8 Å². The van der Waals surface area contributed by atoms with Crippen LogP contribution in [-0.4, -0.2) is 40.6 Å². The molecule has 0 saturated carbocycles. The number of amides is 1. The molecule has 0 unspecified atom stereocenters. The summed E-state index contributed by atoms with van der Waals surface area (Å²) in [6.45, 7) is 2.08. The third-order valence-electron chi connectivity index (χ3n) is 3.75. The molecule has 0 spiro atoms. The molecule has 1 aromatic carbocycles. The summed E-state index contributed by atoms with van der Waals surface area (Å²) < 4.78 is 0. The summed E-state index contributed by atoms with van der Waals surface area (Å²) in [4.78, 5) is 23.2. The molecule has 24 heavy (non-hydrogen) atoms. The highest BCUT2D eigenvalue weighted by molar-refractivity contribution is 7.99. The Kier molecular flexibility index (Phi) is 5.16. The first-order valence-corrected chi connectivity index (χ1v) is 9.55. The minimum absolute atomic E-state index is 0.136. The number of carbonyl (C=O) groups is 1. The van der Waals surface area contributed by atoms with Gasteiger partial charge in [0.2, 0.25) is 5.91 Å². The lowest BCUT2D eigenvalue weighted by Gasteiger charge is -2.10. The van der Waals surface area contributed by atoms with E-state index in [9.17, 15) is 4.79 Å². The lowest BCUT2D eigenvalue weighted by molar-refractivity contribution is -0.128. The van der Waals surface area contributed by atoms with Crippen LogP contribution < -0.4 is 0 Å². The molecule has 0 radical (unpaired) electrons. The second kappa shape index (κ2) is 7.32. The van der Waals surface area contributed by atoms with Crippen molar-refractivity contribution < 1.29 is 4.79 Å². The molecule has 0 N–H and O–H groups in total. The Morgan fingerprint density at radius 3 is 2.67 bits per heavy atom. The van der Waals surface area contributed by atoms with Crippen LogP contribution in [0.5, 0.6) is 0 Å². The molecule has 0 fully saturated rings. The molecule has 0 aliphatic carbocycles. The van der Waals surface area contributed by atoms with Gasteiger partial charge in [0, 0.05) is 37.2 Å². The quantitative estimate of drug-likeness (QED) is 0.506. The molecule has 0 atom stereocenters. The van der Waals surface area contributed by atoms with Crippen LogP contribution in [0.4, 0.5) is 0 Å². The van der Waals surface area contributed by atoms with Gasteiger partial charge in [-0.15, -0.1) is 23.1 Å². The third-order valence-corrected chi connectivity index (χ3v) is 5.63. The molecule has 3 rings (SSSR count). The largest absolute Gasteiger partial charge is 0.349 e. The maximum atomic E-state index is 11.7. The van der Waals surface area contributed by atoms with Crippen molar-refractivity contribution in [3.8, 4) is 11.1 Å². The highest BCUT2D eigenvalue weighted by Gasteiger charge is 2.14. The van der Waals surface area contributed by atoms with Crippen LogP contribution in [0.15, 0.2) is 41.0 Å². The zero-order chi connectivity index (χ0) is 17.1. The Hall–Kier alpha value is -1.92. The van der Waals surface area contributed by atoms with Crippen LogP contribution in [0.3, 0.4) is 0 Å². The van der Waals surface area contributed by atoms with Gasteiger partial charge in [-0.2, -0.15) is 0 Å². The van der Waals surface area contributed by atoms with Crippen molar-refractivity contribution in [2.75, 3.05) is 19.8 Å². The fraction of sp³-hybridized carbons (Fsp3) is 0.278. The fourth-order valence-electron chi connectivity index (χ4n) is 2.36. The molecule has 1 amide bonds. The van der Waals surface area contributed by atoms with E-state index in [1.54, 1.807) is 48.4 Å². The molecule has 0 aliphatic rings. The van der Waals surface area contributed by atoms with Crippen LogP contribution >= 0.6 is 23.1 Å². The van der Waals surface area contributed by atoms with Crippen molar-refractivity contribution >= 4 is 39.2 Å². The molecule has 0 bridgehead atoms. The highest BCUT2D eigenvalue weighted by Crippen LogP contribution is 2.37. The number of benzene rings is 1. The summed E-state index contributed by atoms with van der Waals surface area (Å²) >= 11 is 3.25. The maximum Gasteiger partial charge on any atom is 0.222 e. The minimum Gasteiger partial charge on any atom is -0.349 e. The number of thiophene rings is 1. The van der Waals surface area contributed by atoms with E-state index >= 15 is 0 Å². The first kappa shape index (κ1) is 16.9. The zero-order valence-corrected chi connectivity index (χ0v) is 15.6. The van der Waals surface area contributed by atoms with Gasteiger partial charge in [0.25, 0.3) is 0 Å². The van der Waals surface area contributed by atoms with Gasteiger partial charge < -0.3 is 4.90 Å². The Labute approximate surface area is 149 Å². The molecule has 0 aliphatic heterocycles.